The van der Waals surface area contributed by atoms with Crippen LogP contribution in [0, 0.1) is 18.3 Å². The molecule has 0 fully saturated rings. The summed E-state index contributed by atoms with van der Waals surface area (Å²) in [6.07, 6.45) is 1.76. The van der Waals surface area contributed by atoms with E-state index in [0.29, 0.717) is 11.1 Å². The molecule has 2 aromatic heterocycles. The normalized spacial score (nSPS) is 10.5. The van der Waals surface area contributed by atoms with Crippen LogP contribution in [0.15, 0.2) is 60.8 Å². The maximum Gasteiger partial charge on any atom is 0.255 e. The monoisotopic (exact) mass is 370 g/mol. The number of benzene rings is 2. The Bertz CT molecular complexity index is 1160. The summed E-state index contributed by atoms with van der Waals surface area (Å²) in [6.45, 7) is 1.95. The lowest BCUT2D eigenvalue weighted by Crippen LogP contribution is -2.12. The van der Waals surface area contributed by atoms with Crippen molar-refractivity contribution in [1.29, 1.82) is 5.26 Å². The predicted molar refractivity (Wildman–Crippen MR) is 107 cm³/mol. The summed E-state index contributed by atoms with van der Waals surface area (Å²) in [5.74, 6) is -0.209. The fourth-order valence-corrected chi connectivity index (χ4v) is 3.62. The molecule has 4 rings (SSSR count). The van der Waals surface area contributed by atoms with Crippen LogP contribution in [0.1, 0.15) is 21.5 Å². The largest absolute Gasteiger partial charge is 0.322 e. The molecule has 130 valence electrons. The van der Waals surface area contributed by atoms with Crippen molar-refractivity contribution >= 4 is 33.3 Å². The fraction of sp³-hybridized carbons (Fsp3) is 0.0476. The fourth-order valence-electron chi connectivity index (χ4n) is 2.72. The van der Waals surface area contributed by atoms with E-state index in [0.717, 1.165) is 32.2 Å². The summed E-state index contributed by atoms with van der Waals surface area (Å²) in [4.78, 5) is 22.3. The number of amides is 1. The van der Waals surface area contributed by atoms with E-state index in [1.807, 2.05) is 43.3 Å². The second-order valence-corrected chi connectivity index (χ2v) is 7.00. The van der Waals surface area contributed by atoms with E-state index >= 15 is 0 Å². The first-order valence-electron chi connectivity index (χ1n) is 8.28. The van der Waals surface area contributed by atoms with Gasteiger partial charge in [0.2, 0.25) is 0 Å². The van der Waals surface area contributed by atoms with Gasteiger partial charge in [-0.3, -0.25) is 4.79 Å². The Morgan fingerprint density at radius 1 is 1.15 bits per heavy atom. The van der Waals surface area contributed by atoms with Gasteiger partial charge in [0.25, 0.3) is 5.91 Å². The number of nitrogens with zero attached hydrogens (tertiary/aromatic N) is 3. The van der Waals surface area contributed by atoms with Gasteiger partial charge in [-0.25, -0.2) is 9.97 Å². The molecule has 0 spiro atoms. The van der Waals surface area contributed by atoms with Gasteiger partial charge in [0.1, 0.15) is 15.4 Å². The number of carbonyl (C=O) groups is 1. The number of hydrogen-bond donors (Lipinski definition) is 1. The lowest BCUT2D eigenvalue weighted by molar-refractivity contribution is 0.102. The number of carbonyl (C=O) groups excluding carboxylic acids is 1. The topological polar surface area (TPSA) is 78.7 Å². The molecule has 6 heteroatoms. The molecule has 0 aliphatic heterocycles. The number of rotatable bonds is 3. The molecule has 2 aromatic carbocycles. The van der Waals surface area contributed by atoms with E-state index in [2.05, 4.69) is 15.3 Å². The first kappa shape index (κ1) is 16.9. The van der Waals surface area contributed by atoms with Crippen LogP contribution in [0.3, 0.4) is 0 Å². The third-order valence-corrected chi connectivity index (χ3v) is 5.19. The van der Waals surface area contributed by atoms with E-state index in [-0.39, 0.29) is 5.91 Å². The standard InChI is InChI=1S/C21H14N4OS/c1-13-11-16(20-25-18-3-2-10-23-21(18)27-20)8-9-17(13)24-19(26)15-6-4-14(12-22)5-7-15/h2-11H,1H3,(H,24,26). The smallest absolute Gasteiger partial charge is 0.255 e. The molecule has 0 saturated carbocycles. The average molecular weight is 370 g/mol. The summed E-state index contributed by atoms with van der Waals surface area (Å²) in [7, 11) is 0. The molecule has 4 aromatic rings. The van der Waals surface area contributed by atoms with E-state index in [1.165, 1.54) is 0 Å². The number of aromatic nitrogens is 2. The lowest BCUT2D eigenvalue weighted by atomic mass is 10.1. The van der Waals surface area contributed by atoms with Gasteiger partial charge in [-0.2, -0.15) is 5.26 Å². The van der Waals surface area contributed by atoms with Crippen LogP contribution in [-0.2, 0) is 0 Å². The van der Waals surface area contributed by atoms with Crippen LogP contribution in [0.5, 0.6) is 0 Å². The number of pyridine rings is 1. The van der Waals surface area contributed by atoms with Crippen molar-refractivity contribution in [3.05, 3.63) is 77.5 Å². The number of nitriles is 1. The molecule has 0 atom stereocenters. The van der Waals surface area contributed by atoms with Crippen molar-refractivity contribution in [2.75, 3.05) is 5.32 Å². The minimum atomic E-state index is -0.209. The third kappa shape index (κ3) is 3.41. The Labute approximate surface area is 160 Å². The molecule has 0 radical (unpaired) electrons. The molecular formula is C21H14N4OS. The Morgan fingerprint density at radius 3 is 2.67 bits per heavy atom. The highest BCUT2D eigenvalue weighted by atomic mass is 32.1. The van der Waals surface area contributed by atoms with Crippen LogP contribution < -0.4 is 5.32 Å². The third-order valence-electron chi connectivity index (χ3n) is 4.16. The van der Waals surface area contributed by atoms with Gasteiger partial charge >= 0.3 is 0 Å². The number of thiazole rings is 1. The molecule has 0 saturated heterocycles. The summed E-state index contributed by atoms with van der Waals surface area (Å²) < 4.78 is 0. The first-order valence-corrected chi connectivity index (χ1v) is 9.10. The Balaban J connectivity index is 1.57. The minimum Gasteiger partial charge on any atom is -0.322 e. The van der Waals surface area contributed by atoms with Crippen LogP contribution >= 0.6 is 11.3 Å². The molecule has 0 bridgehead atoms. The van der Waals surface area contributed by atoms with Crippen molar-refractivity contribution in [1.82, 2.24) is 9.97 Å². The molecule has 1 N–H and O–H groups in total. The van der Waals surface area contributed by atoms with E-state index < -0.39 is 0 Å². The zero-order valence-electron chi connectivity index (χ0n) is 14.4. The van der Waals surface area contributed by atoms with Gasteiger partial charge < -0.3 is 5.32 Å². The summed E-state index contributed by atoms with van der Waals surface area (Å²) in [5.41, 5.74) is 4.60. The van der Waals surface area contributed by atoms with Crippen LogP contribution in [0.2, 0.25) is 0 Å². The summed E-state index contributed by atoms with van der Waals surface area (Å²) in [6, 6.07) is 18.2. The predicted octanol–water partition coefficient (Wildman–Crippen LogP) is 4.79. The first-order chi connectivity index (χ1) is 13.1. The highest BCUT2D eigenvalue weighted by Crippen LogP contribution is 2.31. The SMILES string of the molecule is Cc1cc(-c2nc3cccnc3s2)ccc1NC(=O)c1ccc(C#N)cc1. The molecule has 2 heterocycles. The highest BCUT2D eigenvalue weighted by Gasteiger charge is 2.11. The summed E-state index contributed by atoms with van der Waals surface area (Å²) >= 11 is 1.54. The number of nitrogens with one attached hydrogen (secondary N) is 1. The quantitative estimate of drug-likeness (QED) is 0.562. The van der Waals surface area contributed by atoms with E-state index in [1.54, 1.807) is 41.8 Å². The number of hydrogen-bond acceptors (Lipinski definition) is 5. The lowest BCUT2D eigenvalue weighted by Gasteiger charge is -2.09. The van der Waals surface area contributed by atoms with Crippen molar-refractivity contribution in [2.45, 2.75) is 6.92 Å². The molecule has 0 aliphatic carbocycles. The highest BCUT2D eigenvalue weighted by molar-refractivity contribution is 7.21. The van der Waals surface area contributed by atoms with Crippen molar-refractivity contribution in [2.24, 2.45) is 0 Å². The van der Waals surface area contributed by atoms with Crippen LogP contribution in [0.25, 0.3) is 20.9 Å². The van der Waals surface area contributed by atoms with Gasteiger partial charge in [0, 0.05) is 23.0 Å². The average Bonchev–Trinajstić information content (AvgIpc) is 3.14. The molecule has 0 unspecified atom stereocenters. The number of fused-ring (bicyclic) bond motifs is 1. The Kier molecular flexibility index (Phi) is 4.37. The second-order valence-electron chi connectivity index (χ2n) is 6.02. The van der Waals surface area contributed by atoms with E-state index in [4.69, 9.17) is 5.26 Å². The number of anilines is 1. The zero-order valence-corrected chi connectivity index (χ0v) is 15.2. The van der Waals surface area contributed by atoms with E-state index in [9.17, 15) is 4.79 Å². The van der Waals surface area contributed by atoms with Crippen molar-refractivity contribution < 1.29 is 4.79 Å². The van der Waals surface area contributed by atoms with Crippen molar-refractivity contribution in [3.8, 4) is 16.6 Å². The molecule has 27 heavy (non-hydrogen) atoms. The number of aryl methyl sites for hydroxylation is 1. The maximum atomic E-state index is 12.4. The molecular weight excluding hydrogens is 356 g/mol. The second kappa shape index (κ2) is 6.98. The molecule has 0 aliphatic rings. The van der Waals surface area contributed by atoms with Gasteiger partial charge in [-0.05, 0) is 67.1 Å². The summed E-state index contributed by atoms with van der Waals surface area (Å²) in [5, 5.41) is 12.7. The van der Waals surface area contributed by atoms with Gasteiger partial charge in [0.15, 0.2) is 0 Å². The van der Waals surface area contributed by atoms with Crippen molar-refractivity contribution in [3.63, 3.8) is 0 Å². The van der Waals surface area contributed by atoms with Crippen LogP contribution in [0.4, 0.5) is 5.69 Å². The van der Waals surface area contributed by atoms with Gasteiger partial charge in [-0.15, -0.1) is 0 Å². The van der Waals surface area contributed by atoms with Gasteiger partial charge in [0.05, 0.1) is 11.6 Å². The van der Waals surface area contributed by atoms with Gasteiger partial charge in [-0.1, -0.05) is 11.3 Å². The molecule has 5 nitrogen and oxygen atoms in total. The minimum absolute atomic E-state index is 0.209. The van der Waals surface area contributed by atoms with Crippen LogP contribution in [-0.4, -0.2) is 15.9 Å². The Morgan fingerprint density at radius 2 is 1.96 bits per heavy atom. The molecule has 1 amide bonds. The zero-order chi connectivity index (χ0) is 18.8. The Hall–Kier alpha value is -3.56. The maximum absolute atomic E-state index is 12.4.